The third kappa shape index (κ3) is 3.23. The van der Waals surface area contributed by atoms with Crippen LogP contribution in [0.3, 0.4) is 0 Å². The lowest BCUT2D eigenvalue weighted by atomic mass is 9.99. The second-order valence-electron chi connectivity index (χ2n) is 5.56. The third-order valence-corrected chi connectivity index (χ3v) is 4.07. The van der Waals surface area contributed by atoms with Crippen LogP contribution >= 0.6 is 0 Å². The van der Waals surface area contributed by atoms with Crippen molar-refractivity contribution in [2.24, 2.45) is 0 Å². The van der Waals surface area contributed by atoms with E-state index < -0.39 is 74.6 Å². The molecule has 23 heavy (non-hydrogen) atoms. The molecular weight excluding hydrogens is 320 g/mol. The number of aliphatic hydroxyl groups excluding tert-OH is 8. The van der Waals surface area contributed by atoms with Gasteiger partial charge in [-0.25, -0.2) is 0 Å². The number of hydrogen-bond acceptors (Lipinski definition) is 11. The van der Waals surface area contributed by atoms with Crippen LogP contribution in [0.5, 0.6) is 0 Å². The molecule has 2 aliphatic rings. The van der Waals surface area contributed by atoms with E-state index in [4.69, 9.17) is 24.4 Å². The highest BCUT2D eigenvalue weighted by Gasteiger charge is 2.58. The summed E-state index contributed by atoms with van der Waals surface area (Å²) in [4.78, 5) is 0. The smallest absolute Gasteiger partial charge is 0.224 e. The second kappa shape index (κ2) is 7.21. The average molecular weight is 342 g/mol. The number of hydrogen-bond donors (Lipinski definition) is 8. The lowest BCUT2D eigenvalue weighted by Gasteiger charge is -2.43. The van der Waals surface area contributed by atoms with Crippen LogP contribution < -0.4 is 0 Å². The molecule has 2 saturated heterocycles. The van der Waals surface area contributed by atoms with Crippen molar-refractivity contribution in [3.63, 3.8) is 0 Å². The van der Waals surface area contributed by atoms with Crippen LogP contribution in [0.4, 0.5) is 0 Å². The van der Waals surface area contributed by atoms with Crippen LogP contribution in [0.1, 0.15) is 0 Å². The molecule has 0 unspecified atom stereocenters. The van der Waals surface area contributed by atoms with Gasteiger partial charge in [0.05, 0.1) is 13.2 Å². The van der Waals surface area contributed by atoms with E-state index in [2.05, 4.69) is 0 Å². The van der Waals surface area contributed by atoms with Gasteiger partial charge in [0.1, 0.15) is 49.3 Å². The molecule has 0 aromatic carbocycles. The second-order valence-corrected chi connectivity index (χ2v) is 5.56. The predicted molar refractivity (Wildman–Crippen MR) is 68.6 cm³/mol. The molecule has 0 spiro atoms. The summed E-state index contributed by atoms with van der Waals surface area (Å²) in [6, 6.07) is 0. The fourth-order valence-electron chi connectivity index (χ4n) is 2.63. The molecular formula is C12H22O11. The highest BCUT2D eigenvalue weighted by atomic mass is 16.8. The standard InChI is InChI=1S/C12H22O11/c13-1-4-6(16)8(18)9(19)11(21-4)23-12(3-15)10(20)7(17)5(2-14)22-12/h4-11,13-20H,1-3H2/t4-,5+,6+,7+,8+,9+,10+,11+,12-/m0/s1. The van der Waals surface area contributed by atoms with E-state index in [9.17, 15) is 30.6 Å². The molecule has 2 aliphatic heterocycles. The lowest BCUT2D eigenvalue weighted by molar-refractivity contribution is -0.383. The van der Waals surface area contributed by atoms with Gasteiger partial charge in [-0.15, -0.1) is 0 Å². The molecule has 11 heteroatoms. The Morgan fingerprint density at radius 3 is 1.87 bits per heavy atom. The zero-order chi connectivity index (χ0) is 17.4. The van der Waals surface area contributed by atoms with Crippen LogP contribution in [0.15, 0.2) is 0 Å². The Hall–Kier alpha value is -0.440. The van der Waals surface area contributed by atoms with Crippen molar-refractivity contribution in [1.29, 1.82) is 0 Å². The molecule has 0 bridgehead atoms. The van der Waals surface area contributed by atoms with E-state index in [1.54, 1.807) is 0 Å². The van der Waals surface area contributed by atoms with Gasteiger partial charge in [0, 0.05) is 0 Å². The first-order valence-electron chi connectivity index (χ1n) is 7.05. The maximum absolute atomic E-state index is 10.00. The molecule has 0 aromatic rings. The fraction of sp³-hybridized carbons (Fsp3) is 1.00. The quantitative estimate of drug-likeness (QED) is 0.238. The summed E-state index contributed by atoms with van der Waals surface area (Å²) in [5.41, 5.74) is 0. The predicted octanol–water partition coefficient (Wildman–Crippen LogP) is -5.40. The van der Waals surface area contributed by atoms with Gasteiger partial charge in [-0.1, -0.05) is 0 Å². The topological polar surface area (TPSA) is 190 Å². The van der Waals surface area contributed by atoms with Gasteiger partial charge >= 0.3 is 0 Å². The molecule has 11 nitrogen and oxygen atoms in total. The van der Waals surface area contributed by atoms with E-state index in [0.717, 1.165) is 0 Å². The van der Waals surface area contributed by atoms with Crippen molar-refractivity contribution >= 4 is 0 Å². The zero-order valence-electron chi connectivity index (χ0n) is 12.0. The van der Waals surface area contributed by atoms with Crippen LogP contribution in [-0.4, -0.2) is 115 Å². The lowest BCUT2D eigenvalue weighted by Crippen LogP contribution is -2.62. The van der Waals surface area contributed by atoms with E-state index in [0.29, 0.717) is 0 Å². The first-order chi connectivity index (χ1) is 10.8. The number of rotatable bonds is 5. The normalized spacial score (nSPS) is 51.1. The Balaban J connectivity index is 2.18. The van der Waals surface area contributed by atoms with Crippen LogP contribution in [0.25, 0.3) is 0 Å². The van der Waals surface area contributed by atoms with E-state index >= 15 is 0 Å². The third-order valence-electron chi connectivity index (χ3n) is 4.07. The van der Waals surface area contributed by atoms with Gasteiger partial charge < -0.3 is 55.1 Å². The highest BCUT2D eigenvalue weighted by Crippen LogP contribution is 2.35. The molecule has 0 amide bonds. The van der Waals surface area contributed by atoms with Gasteiger partial charge in [-0.05, 0) is 0 Å². The monoisotopic (exact) mass is 342 g/mol. The maximum atomic E-state index is 10.00. The summed E-state index contributed by atoms with van der Waals surface area (Å²) in [5.74, 6) is -2.22. The van der Waals surface area contributed by atoms with Crippen molar-refractivity contribution in [1.82, 2.24) is 0 Å². The van der Waals surface area contributed by atoms with Crippen LogP contribution in [0, 0.1) is 0 Å². The molecule has 2 heterocycles. The summed E-state index contributed by atoms with van der Waals surface area (Å²) in [6.45, 7) is -2.32. The first-order valence-corrected chi connectivity index (χ1v) is 7.05. The molecule has 136 valence electrons. The first kappa shape index (κ1) is 18.9. The van der Waals surface area contributed by atoms with E-state index in [-0.39, 0.29) is 0 Å². The minimum Gasteiger partial charge on any atom is -0.394 e. The van der Waals surface area contributed by atoms with Crippen LogP contribution in [0.2, 0.25) is 0 Å². The Kier molecular flexibility index (Phi) is 5.92. The number of ether oxygens (including phenoxy) is 3. The summed E-state index contributed by atoms with van der Waals surface area (Å²) in [6.07, 6.45) is -12.7. The Morgan fingerprint density at radius 1 is 0.783 bits per heavy atom. The van der Waals surface area contributed by atoms with Gasteiger partial charge in [0.15, 0.2) is 6.29 Å². The molecule has 0 aromatic heterocycles. The van der Waals surface area contributed by atoms with Crippen molar-refractivity contribution < 1.29 is 55.1 Å². The number of aliphatic hydroxyl groups is 8. The molecule has 9 atom stereocenters. The molecule has 2 rings (SSSR count). The molecule has 2 fully saturated rings. The van der Waals surface area contributed by atoms with Gasteiger partial charge in [-0.2, -0.15) is 0 Å². The zero-order valence-corrected chi connectivity index (χ0v) is 12.0. The van der Waals surface area contributed by atoms with Crippen molar-refractivity contribution in [3.8, 4) is 0 Å². The van der Waals surface area contributed by atoms with Gasteiger partial charge in [-0.3, -0.25) is 0 Å². The SMILES string of the molecule is OC[C@@H]1O[C@H](O[C@]2(CO)O[C@H](CO)[C@@H](O)[C@H]2O)[C@H](O)[C@H](O)[C@@H]1O. The Labute approximate surface area is 130 Å². The molecule has 0 aliphatic carbocycles. The molecule has 0 saturated carbocycles. The summed E-state index contributed by atoms with van der Waals surface area (Å²) < 4.78 is 15.4. The van der Waals surface area contributed by atoms with Crippen molar-refractivity contribution in [3.05, 3.63) is 0 Å². The minimum atomic E-state index is -2.22. The maximum Gasteiger partial charge on any atom is 0.224 e. The average Bonchev–Trinajstić information content (AvgIpc) is 2.80. The largest absolute Gasteiger partial charge is 0.394 e. The summed E-state index contributed by atoms with van der Waals surface area (Å²) in [7, 11) is 0. The summed E-state index contributed by atoms with van der Waals surface area (Å²) >= 11 is 0. The van der Waals surface area contributed by atoms with Gasteiger partial charge in [0.2, 0.25) is 5.79 Å². The minimum absolute atomic E-state index is 0.669. The van der Waals surface area contributed by atoms with E-state index in [1.165, 1.54) is 0 Å². The van der Waals surface area contributed by atoms with E-state index in [1.807, 2.05) is 0 Å². The van der Waals surface area contributed by atoms with Gasteiger partial charge in [0.25, 0.3) is 0 Å². The molecule has 0 radical (unpaired) electrons. The fourth-order valence-corrected chi connectivity index (χ4v) is 2.63. The van der Waals surface area contributed by atoms with Crippen molar-refractivity contribution in [2.45, 2.75) is 54.8 Å². The molecule has 8 N–H and O–H groups in total. The Bertz CT molecular complexity index is 393. The highest BCUT2D eigenvalue weighted by molar-refractivity contribution is 4.98. The Morgan fingerprint density at radius 2 is 1.39 bits per heavy atom. The van der Waals surface area contributed by atoms with Crippen LogP contribution in [-0.2, 0) is 14.2 Å². The summed E-state index contributed by atoms with van der Waals surface area (Å²) in [5, 5.41) is 76.7. The van der Waals surface area contributed by atoms with Crippen molar-refractivity contribution in [2.75, 3.05) is 19.8 Å².